The number of aliphatic carboxylic acids is 1. The molecule has 0 spiro atoms. The second-order valence-corrected chi connectivity index (χ2v) is 4.08. The molecule has 1 N–H and O–H groups in total. The number of rotatable bonds is 7. The molecule has 4 heteroatoms. The van der Waals surface area contributed by atoms with Gasteiger partial charge in [0.05, 0.1) is 18.9 Å². The number of carboxylic acids is 1. The summed E-state index contributed by atoms with van der Waals surface area (Å²) in [4.78, 5) is 22.7. The summed E-state index contributed by atoms with van der Waals surface area (Å²) in [5, 5.41) is 9.14. The molecule has 0 bridgehead atoms. The molecule has 1 aromatic carbocycles. The van der Waals surface area contributed by atoms with Crippen molar-refractivity contribution in [3.05, 3.63) is 35.9 Å². The fraction of sp³-hybridized carbons (Fsp3) is 0.429. The molecule has 0 saturated heterocycles. The number of hydrogen-bond acceptors (Lipinski definition) is 3. The first-order valence-corrected chi connectivity index (χ1v) is 6.08. The van der Waals surface area contributed by atoms with Crippen molar-refractivity contribution in [2.45, 2.75) is 32.1 Å². The molecule has 0 saturated carbocycles. The third-order valence-corrected chi connectivity index (χ3v) is 2.63. The molecule has 1 unspecified atom stereocenters. The van der Waals surface area contributed by atoms with Crippen molar-refractivity contribution in [2.24, 2.45) is 0 Å². The first kappa shape index (κ1) is 14.2. The van der Waals surface area contributed by atoms with Gasteiger partial charge in [0.25, 0.3) is 0 Å². The van der Waals surface area contributed by atoms with E-state index in [1.54, 1.807) is 24.3 Å². The number of hydrogen-bond donors (Lipinski definition) is 1. The number of esters is 1. The zero-order valence-electron chi connectivity index (χ0n) is 10.5. The Bertz CT molecular complexity index is 386. The second-order valence-electron chi connectivity index (χ2n) is 4.08. The van der Waals surface area contributed by atoms with Gasteiger partial charge in [0.2, 0.25) is 0 Å². The molecular formula is C14H18O4. The Morgan fingerprint density at radius 1 is 1.28 bits per heavy atom. The average molecular weight is 250 g/mol. The molecule has 0 aliphatic rings. The quantitative estimate of drug-likeness (QED) is 0.596. The van der Waals surface area contributed by atoms with E-state index < -0.39 is 17.9 Å². The smallest absolute Gasteiger partial charge is 0.311 e. The Balaban J connectivity index is 2.59. The lowest BCUT2D eigenvalue weighted by Crippen LogP contribution is -2.18. The van der Waals surface area contributed by atoms with Gasteiger partial charge < -0.3 is 9.84 Å². The van der Waals surface area contributed by atoms with E-state index in [0.29, 0.717) is 12.2 Å². The maximum atomic E-state index is 11.5. The Morgan fingerprint density at radius 3 is 2.50 bits per heavy atom. The molecule has 0 heterocycles. The Labute approximate surface area is 107 Å². The number of ether oxygens (including phenoxy) is 1. The van der Waals surface area contributed by atoms with Crippen molar-refractivity contribution < 1.29 is 19.4 Å². The van der Waals surface area contributed by atoms with Gasteiger partial charge in [-0.15, -0.1) is 0 Å². The minimum absolute atomic E-state index is 0.122. The molecule has 0 amide bonds. The zero-order valence-corrected chi connectivity index (χ0v) is 10.5. The van der Waals surface area contributed by atoms with E-state index in [1.165, 1.54) is 0 Å². The van der Waals surface area contributed by atoms with Gasteiger partial charge in [-0.1, -0.05) is 43.7 Å². The average Bonchev–Trinajstić information content (AvgIpc) is 2.37. The summed E-state index contributed by atoms with van der Waals surface area (Å²) in [6.07, 6.45) is 1.62. The molecule has 98 valence electrons. The SMILES string of the molecule is CCCCOC(=O)CC(C(=O)O)c1ccccc1. The van der Waals surface area contributed by atoms with Crippen molar-refractivity contribution in [3.63, 3.8) is 0 Å². The highest BCUT2D eigenvalue weighted by molar-refractivity contribution is 5.83. The van der Waals surface area contributed by atoms with Crippen LogP contribution in [0.25, 0.3) is 0 Å². The van der Waals surface area contributed by atoms with E-state index in [0.717, 1.165) is 12.8 Å². The lowest BCUT2D eigenvalue weighted by Gasteiger charge is -2.12. The van der Waals surface area contributed by atoms with Crippen LogP contribution < -0.4 is 0 Å². The summed E-state index contributed by atoms with van der Waals surface area (Å²) in [5.41, 5.74) is 0.623. The third kappa shape index (κ3) is 4.57. The minimum Gasteiger partial charge on any atom is -0.481 e. The molecule has 1 rings (SSSR count). The minimum atomic E-state index is -1.01. The first-order valence-electron chi connectivity index (χ1n) is 6.08. The Hall–Kier alpha value is -1.84. The van der Waals surface area contributed by atoms with Gasteiger partial charge in [-0.25, -0.2) is 0 Å². The second kappa shape index (κ2) is 7.48. The van der Waals surface area contributed by atoms with Gasteiger partial charge in [-0.3, -0.25) is 9.59 Å². The Morgan fingerprint density at radius 2 is 1.94 bits per heavy atom. The van der Waals surface area contributed by atoms with Crippen LogP contribution in [-0.4, -0.2) is 23.7 Å². The van der Waals surface area contributed by atoms with Crippen molar-refractivity contribution in [1.82, 2.24) is 0 Å². The molecule has 0 aliphatic heterocycles. The van der Waals surface area contributed by atoms with Crippen LogP contribution in [0.1, 0.15) is 37.7 Å². The lowest BCUT2D eigenvalue weighted by atomic mass is 9.96. The fourth-order valence-corrected chi connectivity index (χ4v) is 1.59. The molecule has 1 atom stereocenters. The number of carboxylic acid groups (broad SMARTS) is 1. The van der Waals surface area contributed by atoms with Gasteiger partial charge in [0.1, 0.15) is 0 Å². The molecule has 0 fully saturated rings. The highest BCUT2D eigenvalue weighted by Crippen LogP contribution is 2.20. The van der Waals surface area contributed by atoms with Crippen LogP contribution in [0.4, 0.5) is 0 Å². The summed E-state index contributed by atoms with van der Waals surface area (Å²) in [5.74, 6) is -2.30. The number of carbonyl (C=O) groups is 2. The normalized spacial score (nSPS) is 11.8. The van der Waals surface area contributed by atoms with E-state index in [9.17, 15) is 9.59 Å². The highest BCUT2D eigenvalue weighted by atomic mass is 16.5. The summed E-state index contributed by atoms with van der Waals surface area (Å²) in [6.45, 7) is 2.36. The van der Waals surface area contributed by atoms with Gasteiger partial charge >= 0.3 is 11.9 Å². The van der Waals surface area contributed by atoms with Gasteiger partial charge in [-0.05, 0) is 12.0 Å². The van der Waals surface area contributed by atoms with E-state index in [-0.39, 0.29) is 6.42 Å². The molecular weight excluding hydrogens is 232 g/mol. The maximum Gasteiger partial charge on any atom is 0.311 e. The molecule has 0 aromatic heterocycles. The summed E-state index contributed by atoms with van der Waals surface area (Å²) in [6, 6.07) is 8.74. The van der Waals surface area contributed by atoms with Crippen LogP contribution in [0.2, 0.25) is 0 Å². The van der Waals surface area contributed by atoms with Crippen LogP contribution in [-0.2, 0) is 14.3 Å². The highest BCUT2D eigenvalue weighted by Gasteiger charge is 2.23. The van der Waals surface area contributed by atoms with Crippen LogP contribution in [0, 0.1) is 0 Å². The predicted octanol–water partition coefficient (Wildman–Crippen LogP) is 2.59. The largest absolute Gasteiger partial charge is 0.481 e. The van der Waals surface area contributed by atoms with Gasteiger partial charge in [-0.2, -0.15) is 0 Å². The van der Waals surface area contributed by atoms with Crippen LogP contribution in [0.3, 0.4) is 0 Å². The molecule has 18 heavy (non-hydrogen) atoms. The lowest BCUT2D eigenvalue weighted by molar-refractivity contribution is -0.149. The van der Waals surface area contributed by atoms with Crippen LogP contribution in [0.5, 0.6) is 0 Å². The monoisotopic (exact) mass is 250 g/mol. The topological polar surface area (TPSA) is 63.6 Å². The van der Waals surface area contributed by atoms with E-state index >= 15 is 0 Å². The van der Waals surface area contributed by atoms with E-state index in [1.807, 2.05) is 13.0 Å². The molecule has 0 aliphatic carbocycles. The number of unbranched alkanes of at least 4 members (excludes halogenated alkanes) is 1. The first-order chi connectivity index (χ1) is 8.65. The molecule has 0 radical (unpaired) electrons. The number of carbonyl (C=O) groups excluding carboxylic acids is 1. The van der Waals surface area contributed by atoms with Crippen molar-refractivity contribution in [3.8, 4) is 0 Å². The summed E-state index contributed by atoms with van der Waals surface area (Å²) >= 11 is 0. The summed E-state index contributed by atoms with van der Waals surface area (Å²) in [7, 11) is 0. The zero-order chi connectivity index (χ0) is 13.4. The fourth-order valence-electron chi connectivity index (χ4n) is 1.59. The number of benzene rings is 1. The predicted molar refractivity (Wildman–Crippen MR) is 67.3 cm³/mol. The van der Waals surface area contributed by atoms with Crippen LogP contribution >= 0.6 is 0 Å². The molecule has 1 aromatic rings. The van der Waals surface area contributed by atoms with Crippen molar-refractivity contribution in [1.29, 1.82) is 0 Å². The van der Waals surface area contributed by atoms with Gasteiger partial charge in [0.15, 0.2) is 0 Å². The maximum absolute atomic E-state index is 11.5. The summed E-state index contributed by atoms with van der Waals surface area (Å²) < 4.78 is 4.98. The molecule has 4 nitrogen and oxygen atoms in total. The Kier molecular flexibility index (Phi) is 5.91. The van der Waals surface area contributed by atoms with Crippen molar-refractivity contribution in [2.75, 3.05) is 6.61 Å². The van der Waals surface area contributed by atoms with Gasteiger partial charge in [0, 0.05) is 0 Å². The van der Waals surface area contributed by atoms with E-state index in [4.69, 9.17) is 9.84 Å². The van der Waals surface area contributed by atoms with Crippen LogP contribution in [0.15, 0.2) is 30.3 Å². The van der Waals surface area contributed by atoms with Crippen molar-refractivity contribution >= 4 is 11.9 Å². The standard InChI is InChI=1S/C14H18O4/c1-2-3-9-18-13(15)10-12(14(16)17)11-7-5-4-6-8-11/h4-8,12H,2-3,9-10H2,1H3,(H,16,17). The third-order valence-electron chi connectivity index (χ3n) is 2.63. The van der Waals surface area contributed by atoms with E-state index in [2.05, 4.69) is 0 Å².